The number of rotatable bonds is 4. The topological polar surface area (TPSA) is 61.8 Å². The maximum atomic E-state index is 12.2. The average Bonchev–Trinajstić information content (AvgIpc) is 2.96. The van der Waals surface area contributed by atoms with Crippen molar-refractivity contribution in [2.45, 2.75) is 17.6 Å². The predicted octanol–water partition coefficient (Wildman–Crippen LogP) is 2.72. The number of ether oxygens (including phenoxy) is 3. The molecule has 0 aliphatic carbocycles. The number of esters is 2. The van der Waals surface area contributed by atoms with E-state index in [1.807, 2.05) is 6.07 Å². The molecule has 124 valence electrons. The number of carbonyl (C=O) groups is 2. The Balaban J connectivity index is 1.67. The Hall–Kier alpha value is -2.31. The number of carbonyl (C=O) groups excluding carboxylic acids is 2. The Kier molecular flexibility index (Phi) is 5.17. The van der Waals surface area contributed by atoms with Crippen LogP contribution in [0.2, 0.25) is 0 Å². The van der Waals surface area contributed by atoms with Crippen LogP contribution in [-0.2, 0) is 14.2 Å². The predicted molar refractivity (Wildman–Crippen MR) is 90.0 cm³/mol. The third kappa shape index (κ3) is 3.77. The molecule has 6 heteroatoms. The van der Waals surface area contributed by atoms with Gasteiger partial charge in [0.2, 0.25) is 0 Å². The van der Waals surface area contributed by atoms with Crippen LogP contribution in [0.4, 0.5) is 0 Å². The molecule has 0 aromatic heterocycles. The van der Waals surface area contributed by atoms with Crippen molar-refractivity contribution in [3.05, 3.63) is 71.8 Å². The number of hydrogen-bond acceptors (Lipinski definition) is 6. The first-order valence-electron chi connectivity index (χ1n) is 7.47. The van der Waals surface area contributed by atoms with Gasteiger partial charge in [-0.2, -0.15) is 0 Å². The van der Waals surface area contributed by atoms with Gasteiger partial charge in [0, 0.05) is 0 Å². The molecule has 0 bridgehead atoms. The van der Waals surface area contributed by atoms with Crippen LogP contribution in [0.1, 0.15) is 20.7 Å². The summed E-state index contributed by atoms with van der Waals surface area (Å²) in [6.07, 6.45) is -1.47. The molecular weight excluding hydrogens is 328 g/mol. The van der Waals surface area contributed by atoms with E-state index in [2.05, 4.69) is 12.6 Å². The highest BCUT2D eigenvalue weighted by Crippen LogP contribution is 2.25. The lowest BCUT2D eigenvalue weighted by molar-refractivity contribution is -0.0197. The first kappa shape index (κ1) is 16.5. The maximum Gasteiger partial charge on any atom is 0.338 e. The molecule has 2 aromatic rings. The summed E-state index contributed by atoms with van der Waals surface area (Å²) in [7, 11) is 0. The summed E-state index contributed by atoms with van der Waals surface area (Å²) in [5.74, 6) is -1.00. The highest BCUT2D eigenvalue weighted by molar-refractivity contribution is 7.80. The maximum absolute atomic E-state index is 12.2. The van der Waals surface area contributed by atoms with E-state index >= 15 is 0 Å². The van der Waals surface area contributed by atoms with Crippen molar-refractivity contribution in [1.29, 1.82) is 0 Å². The van der Waals surface area contributed by atoms with Gasteiger partial charge in [-0.3, -0.25) is 0 Å². The molecule has 0 spiro atoms. The van der Waals surface area contributed by atoms with Crippen molar-refractivity contribution in [1.82, 2.24) is 0 Å². The minimum Gasteiger partial charge on any atom is -0.452 e. The fourth-order valence-electron chi connectivity index (χ4n) is 2.35. The van der Waals surface area contributed by atoms with Gasteiger partial charge < -0.3 is 14.2 Å². The van der Waals surface area contributed by atoms with E-state index in [0.29, 0.717) is 11.1 Å². The molecule has 1 fully saturated rings. The molecule has 0 radical (unpaired) electrons. The van der Waals surface area contributed by atoms with Gasteiger partial charge in [0.05, 0.1) is 17.7 Å². The Bertz CT molecular complexity index is 704. The van der Waals surface area contributed by atoms with Crippen molar-refractivity contribution in [2.24, 2.45) is 0 Å². The second-order valence-electron chi connectivity index (χ2n) is 5.27. The van der Waals surface area contributed by atoms with Crippen LogP contribution in [-0.4, -0.2) is 36.2 Å². The van der Waals surface area contributed by atoms with Gasteiger partial charge in [-0.05, 0) is 24.3 Å². The molecule has 0 N–H and O–H groups in total. The summed E-state index contributed by atoms with van der Waals surface area (Å²) in [4.78, 5) is 24.4. The zero-order valence-electron chi connectivity index (χ0n) is 12.7. The molecule has 3 rings (SSSR count). The lowest BCUT2D eigenvalue weighted by Gasteiger charge is -2.21. The molecule has 0 amide bonds. The summed E-state index contributed by atoms with van der Waals surface area (Å²) < 4.78 is 16.2. The molecule has 1 saturated heterocycles. The molecule has 5 nitrogen and oxygen atoms in total. The molecule has 1 unspecified atom stereocenters. The first-order chi connectivity index (χ1) is 11.6. The van der Waals surface area contributed by atoms with E-state index in [1.54, 1.807) is 54.6 Å². The highest BCUT2D eigenvalue weighted by Gasteiger charge is 2.41. The second-order valence-corrected chi connectivity index (χ2v) is 5.78. The SMILES string of the molecule is O=C(O[C@H]1COC(S)[C@@H]1OC(=O)c1ccccc1)c1ccccc1. The van der Waals surface area contributed by atoms with E-state index in [4.69, 9.17) is 14.2 Å². The van der Waals surface area contributed by atoms with Crippen LogP contribution in [0, 0.1) is 0 Å². The Morgan fingerprint density at radius 2 is 1.38 bits per heavy atom. The van der Waals surface area contributed by atoms with Crippen molar-refractivity contribution in [3.8, 4) is 0 Å². The van der Waals surface area contributed by atoms with Crippen molar-refractivity contribution in [3.63, 3.8) is 0 Å². The summed E-state index contributed by atoms with van der Waals surface area (Å²) in [6, 6.07) is 17.2. The van der Waals surface area contributed by atoms with Crippen LogP contribution in [0.25, 0.3) is 0 Å². The first-order valence-corrected chi connectivity index (χ1v) is 7.98. The minimum absolute atomic E-state index is 0.124. The van der Waals surface area contributed by atoms with Crippen molar-refractivity contribution in [2.75, 3.05) is 6.61 Å². The lowest BCUT2D eigenvalue weighted by atomic mass is 10.2. The number of thiol groups is 1. The van der Waals surface area contributed by atoms with E-state index in [9.17, 15) is 9.59 Å². The van der Waals surface area contributed by atoms with E-state index < -0.39 is 29.6 Å². The fourth-order valence-corrected chi connectivity index (χ4v) is 2.69. The van der Waals surface area contributed by atoms with E-state index in [-0.39, 0.29) is 6.61 Å². The molecule has 2 aromatic carbocycles. The molecule has 1 aliphatic heterocycles. The summed E-state index contributed by atoms with van der Waals surface area (Å²) in [6.45, 7) is 0.124. The lowest BCUT2D eigenvalue weighted by Crippen LogP contribution is -2.36. The van der Waals surface area contributed by atoms with Crippen LogP contribution in [0.15, 0.2) is 60.7 Å². The standard InChI is InChI=1S/C18H16O5S/c19-16(12-7-3-1-4-8-12)22-14-11-21-18(24)15(14)23-17(20)13-9-5-2-6-10-13/h1-10,14-15,18,24H,11H2/t14-,15+,18?/m0/s1. The van der Waals surface area contributed by atoms with Crippen LogP contribution >= 0.6 is 12.6 Å². The highest BCUT2D eigenvalue weighted by atomic mass is 32.1. The Morgan fingerprint density at radius 1 is 0.875 bits per heavy atom. The van der Waals surface area contributed by atoms with Crippen LogP contribution < -0.4 is 0 Å². The number of benzene rings is 2. The van der Waals surface area contributed by atoms with E-state index in [0.717, 1.165) is 0 Å². The average molecular weight is 344 g/mol. The summed E-state index contributed by atoms with van der Waals surface area (Å²) in [5, 5.41) is 0. The largest absolute Gasteiger partial charge is 0.452 e. The van der Waals surface area contributed by atoms with Gasteiger partial charge in [-0.25, -0.2) is 9.59 Å². The molecule has 1 heterocycles. The zero-order valence-corrected chi connectivity index (χ0v) is 13.6. The number of hydrogen-bond donors (Lipinski definition) is 1. The minimum atomic E-state index is -0.770. The van der Waals surface area contributed by atoms with Crippen molar-refractivity contribution >= 4 is 24.6 Å². The normalized spacial score (nSPS) is 22.8. The Morgan fingerprint density at radius 3 is 1.92 bits per heavy atom. The van der Waals surface area contributed by atoms with Gasteiger partial charge in [-0.15, -0.1) is 12.6 Å². The van der Waals surface area contributed by atoms with E-state index in [1.165, 1.54) is 0 Å². The second kappa shape index (κ2) is 7.51. The van der Waals surface area contributed by atoms with Crippen molar-refractivity contribution < 1.29 is 23.8 Å². The summed E-state index contributed by atoms with van der Waals surface area (Å²) in [5.41, 5.74) is 0.192. The van der Waals surface area contributed by atoms with Crippen LogP contribution in [0.3, 0.4) is 0 Å². The third-order valence-corrected chi connectivity index (χ3v) is 4.04. The monoisotopic (exact) mass is 344 g/mol. The van der Waals surface area contributed by atoms with Gasteiger partial charge in [0.1, 0.15) is 5.44 Å². The summed E-state index contributed by atoms with van der Waals surface area (Å²) >= 11 is 4.25. The van der Waals surface area contributed by atoms with Crippen LogP contribution in [0.5, 0.6) is 0 Å². The molecular formula is C18H16O5S. The zero-order chi connectivity index (χ0) is 16.9. The fraction of sp³-hybridized carbons (Fsp3) is 0.222. The van der Waals surface area contributed by atoms with Gasteiger partial charge in [0.25, 0.3) is 0 Å². The van der Waals surface area contributed by atoms with Gasteiger partial charge in [0.15, 0.2) is 12.2 Å². The van der Waals surface area contributed by atoms with Gasteiger partial charge >= 0.3 is 11.9 Å². The molecule has 24 heavy (non-hydrogen) atoms. The molecule has 0 saturated carbocycles. The van der Waals surface area contributed by atoms with Gasteiger partial charge in [-0.1, -0.05) is 36.4 Å². The quantitative estimate of drug-likeness (QED) is 0.683. The third-order valence-electron chi connectivity index (χ3n) is 3.60. The molecule has 1 aliphatic rings. The molecule has 3 atom stereocenters. The Labute approximate surface area is 144 Å². The smallest absolute Gasteiger partial charge is 0.338 e.